The molecule has 0 amide bonds. The van der Waals surface area contributed by atoms with Gasteiger partial charge in [-0.05, 0) is 30.9 Å². The molecule has 0 radical (unpaired) electrons. The Labute approximate surface area is 79.7 Å². The molecule has 0 aromatic carbocycles. The third-order valence-corrected chi connectivity index (χ3v) is 2.28. The van der Waals surface area contributed by atoms with E-state index in [0.717, 1.165) is 32.1 Å². The van der Waals surface area contributed by atoms with Gasteiger partial charge in [-0.1, -0.05) is 29.8 Å². The van der Waals surface area contributed by atoms with Crippen molar-refractivity contribution in [2.24, 2.45) is 0 Å². The normalized spacial score (nSPS) is 19.7. The summed E-state index contributed by atoms with van der Waals surface area (Å²) in [4.78, 5) is 0. The van der Waals surface area contributed by atoms with Crippen molar-refractivity contribution in [2.75, 3.05) is 0 Å². The lowest BCUT2D eigenvalue weighted by atomic mass is 10.1. The molecule has 64 valence electrons. The first kappa shape index (κ1) is 8.21. The molecule has 0 heterocycles. The third kappa shape index (κ3) is 2.04. The van der Waals surface area contributed by atoms with Gasteiger partial charge in [-0.15, -0.1) is 0 Å². The standard InChI is InChI=1S/C13H12/c1-2-4-6-9-13-11-7-10-12(13)8-5-3-1/h9-10H,1-3,7,11H2. The Balaban J connectivity index is 2.29. The zero-order valence-corrected chi connectivity index (χ0v) is 7.69. The van der Waals surface area contributed by atoms with Gasteiger partial charge in [0.15, 0.2) is 0 Å². The lowest BCUT2D eigenvalue weighted by Gasteiger charge is -1.95. The van der Waals surface area contributed by atoms with Gasteiger partial charge >= 0.3 is 0 Å². The number of hydrogen-bond acceptors (Lipinski definition) is 0. The fourth-order valence-electron chi connectivity index (χ4n) is 1.55. The van der Waals surface area contributed by atoms with Gasteiger partial charge in [-0.3, -0.25) is 0 Å². The van der Waals surface area contributed by atoms with Gasteiger partial charge in [-0.25, -0.2) is 0 Å². The molecule has 2 aliphatic carbocycles. The van der Waals surface area contributed by atoms with Gasteiger partial charge in [-0.2, -0.15) is 0 Å². The summed E-state index contributed by atoms with van der Waals surface area (Å²) in [5, 5.41) is 0. The van der Waals surface area contributed by atoms with Gasteiger partial charge in [0.25, 0.3) is 0 Å². The Bertz CT molecular complexity index is 372. The van der Waals surface area contributed by atoms with Crippen LogP contribution in [0.15, 0.2) is 23.3 Å². The topological polar surface area (TPSA) is 0 Å². The highest BCUT2D eigenvalue weighted by Gasteiger charge is 2.07. The van der Waals surface area contributed by atoms with Crippen LogP contribution in [-0.4, -0.2) is 0 Å². The molecule has 0 aromatic rings. The summed E-state index contributed by atoms with van der Waals surface area (Å²) >= 11 is 0. The van der Waals surface area contributed by atoms with Crippen LogP contribution in [0.3, 0.4) is 0 Å². The van der Waals surface area contributed by atoms with E-state index in [9.17, 15) is 0 Å². The van der Waals surface area contributed by atoms with E-state index in [4.69, 9.17) is 0 Å². The minimum atomic E-state index is 0.984. The van der Waals surface area contributed by atoms with E-state index in [2.05, 4.69) is 29.8 Å². The molecule has 0 bridgehead atoms. The fourth-order valence-corrected chi connectivity index (χ4v) is 1.55. The van der Waals surface area contributed by atoms with E-state index in [0.29, 0.717) is 0 Å². The van der Waals surface area contributed by atoms with Crippen molar-refractivity contribution in [2.45, 2.75) is 32.1 Å². The van der Waals surface area contributed by atoms with Crippen LogP contribution in [0.5, 0.6) is 0 Å². The SMILES string of the molecule is C1#CCCCC#CC2=CCCC2=C1. The van der Waals surface area contributed by atoms with Crippen LogP contribution in [0.25, 0.3) is 0 Å². The van der Waals surface area contributed by atoms with E-state index in [-0.39, 0.29) is 0 Å². The maximum absolute atomic E-state index is 3.23. The molecule has 0 heteroatoms. The quantitative estimate of drug-likeness (QED) is 0.488. The number of fused-ring (bicyclic) bond motifs is 1. The first-order valence-corrected chi connectivity index (χ1v) is 4.83. The molecule has 0 saturated heterocycles. The molecular formula is C13H12. The smallest absolute Gasteiger partial charge is 0.0244 e. The van der Waals surface area contributed by atoms with Crippen LogP contribution < -0.4 is 0 Å². The van der Waals surface area contributed by atoms with Crippen LogP contribution in [0, 0.1) is 23.7 Å². The van der Waals surface area contributed by atoms with Crippen molar-refractivity contribution in [1.82, 2.24) is 0 Å². The molecule has 0 spiro atoms. The van der Waals surface area contributed by atoms with Crippen LogP contribution in [0.4, 0.5) is 0 Å². The Morgan fingerprint density at radius 3 is 3.08 bits per heavy atom. The highest BCUT2D eigenvalue weighted by Crippen LogP contribution is 2.23. The van der Waals surface area contributed by atoms with Crippen LogP contribution >= 0.6 is 0 Å². The minimum absolute atomic E-state index is 0.984. The van der Waals surface area contributed by atoms with E-state index < -0.39 is 0 Å². The summed E-state index contributed by atoms with van der Waals surface area (Å²) in [5.74, 6) is 12.7. The Morgan fingerprint density at radius 1 is 1.15 bits per heavy atom. The molecule has 0 aliphatic heterocycles. The molecule has 0 nitrogen and oxygen atoms in total. The molecule has 0 fully saturated rings. The van der Waals surface area contributed by atoms with Crippen molar-refractivity contribution >= 4 is 0 Å². The van der Waals surface area contributed by atoms with Crippen molar-refractivity contribution in [3.05, 3.63) is 23.3 Å². The summed E-state index contributed by atoms with van der Waals surface area (Å²) in [7, 11) is 0. The van der Waals surface area contributed by atoms with Crippen molar-refractivity contribution < 1.29 is 0 Å². The van der Waals surface area contributed by atoms with Gasteiger partial charge in [0.1, 0.15) is 0 Å². The zero-order valence-electron chi connectivity index (χ0n) is 7.69. The summed E-state index contributed by atoms with van der Waals surface area (Å²) in [6, 6.07) is 0. The van der Waals surface area contributed by atoms with E-state index in [1.165, 1.54) is 11.1 Å². The largest absolute Gasteiger partial charge is 0.0985 e. The van der Waals surface area contributed by atoms with Crippen molar-refractivity contribution in [1.29, 1.82) is 0 Å². The molecule has 0 N–H and O–H groups in total. The molecule has 0 saturated carbocycles. The lowest BCUT2D eigenvalue weighted by molar-refractivity contribution is 0.903. The highest BCUT2D eigenvalue weighted by atomic mass is 14.1. The number of hydrogen-bond donors (Lipinski definition) is 0. The van der Waals surface area contributed by atoms with Crippen LogP contribution in [0.2, 0.25) is 0 Å². The fraction of sp³-hybridized carbons (Fsp3) is 0.385. The maximum atomic E-state index is 3.23. The molecule has 2 aliphatic rings. The first-order chi connectivity index (χ1) is 6.47. The molecule has 0 atom stereocenters. The van der Waals surface area contributed by atoms with Gasteiger partial charge in [0.2, 0.25) is 0 Å². The Kier molecular flexibility index (Phi) is 2.54. The van der Waals surface area contributed by atoms with Crippen LogP contribution in [0.1, 0.15) is 32.1 Å². The van der Waals surface area contributed by atoms with E-state index >= 15 is 0 Å². The second-order valence-corrected chi connectivity index (χ2v) is 3.30. The molecule has 13 heavy (non-hydrogen) atoms. The average Bonchev–Trinajstić information content (AvgIpc) is 2.59. The minimum Gasteiger partial charge on any atom is -0.0985 e. The predicted molar refractivity (Wildman–Crippen MR) is 54.8 cm³/mol. The van der Waals surface area contributed by atoms with Crippen molar-refractivity contribution in [3.63, 3.8) is 0 Å². The number of allylic oxidation sites excluding steroid dienone is 4. The molecular weight excluding hydrogens is 156 g/mol. The summed E-state index contributed by atoms with van der Waals surface area (Å²) in [6.45, 7) is 0. The molecule has 2 rings (SSSR count). The van der Waals surface area contributed by atoms with Gasteiger partial charge < -0.3 is 0 Å². The Morgan fingerprint density at radius 2 is 2.08 bits per heavy atom. The third-order valence-electron chi connectivity index (χ3n) is 2.28. The average molecular weight is 168 g/mol. The van der Waals surface area contributed by atoms with Crippen molar-refractivity contribution in [3.8, 4) is 23.7 Å². The van der Waals surface area contributed by atoms with Gasteiger partial charge in [0.05, 0.1) is 0 Å². The summed E-state index contributed by atoms with van der Waals surface area (Å²) < 4.78 is 0. The monoisotopic (exact) mass is 168 g/mol. The second-order valence-electron chi connectivity index (χ2n) is 3.30. The first-order valence-electron chi connectivity index (χ1n) is 4.83. The Hall–Kier alpha value is -1.40. The van der Waals surface area contributed by atoms with E-state index in [1.807, 2.05) is 6.08 Å². The maximum Gasteiger partial charge on any atom is 0.0244 e. The zero-order chi connectivity index (χ0) is 8.93. The summed E-state index contributed by atoms with van der Waals surface area (Å²) in [5.41, 5.74) is 2.55. The van der Waals surface area contributed by atoms with E-state index in [1.54, 1.807) is 0 Å². The van der Waals surface area contributed by atoms with Gasteiger partial charge in [0, 0.05) is 18.4 Å². The number of rotatable bonds is 0. The highest BCUT2D eigenvalue weighted by molar-refractivity contribution is 5.51. The van der Waals surface area contributed by atoms with Crippen LogP contribution in [-0.2, 0) is 0 Å². The molecule has 0 unspecified atom stereocenters. The molecule has 0 aromatic heterocycles. The summed E-state index contributed by atoms with van der Waals surface area (Å²) in [6.07, 6.45) is 9.60. The second kappa shape index (κ2) is 4.01. The lowest BCUT2D eigenvalue weighted by Crippen LogP contribution is -1.81. The predicted octanol–water partition coefficient (Wildman–Crippen LogP) is 2.82.